The topological polar surface area (TPSA) is 56.2 Å². The fraction of sp³-hybridized carbons (Fsp3) is 0.500. The number of hydrogen-bond donors (Lipinski definition) is 1. The molecule has 5 nitrogen and oxygen atoms in total. The molecule has 1 aliphatic rings. The van der Waals surface area contributed by atoms with Gasteiger partial charge in [-0.1, -0.05) is 24.6 Å². The molecule has 1 fully saturated rings. The Hall–Kier alpha value is -2.14. The molecule has 1 aliphatic heterocycles. The smallest absolute Gasteiger partial charge is 0.249 e. The zero-order chi connectivity index (χ0) is 17.5. The lowest BCUT2D eigenvalue weighted by Gasteiger charge is -2.10. The fourth-order valence-electron chi connectivity index (χ4n) is 3.34. The van der Waals surface area contributed by atoms with Gasteiger partial charge in [-0.05, 0) is 37.8 Å². The van der Waals surface area contributed by atoms with Gasteiger partial charge in [-0.3, -0.25) is 4.79 Å². The number of ether oxygens (including phenoxy) is 1. The minimum Gasteiger partial charge on any atom is -0.368 e. The molecule has 0 radical (unpaired) electrons. The number of carbonyl (C=O) groups excluding carboxylic acids is 1. The van der Waals surface area contributed by atoms with Crippen molar-refractivity contribution in [3.8, 4) is 0 Å². The van der Waals surface area contributed by atoms with Crippen LogP contribution in [0.2, 0.25) is 0 Å². The van der Waals surface area contributed by atoms with Gasteiger partial charge in [0.1, 0.15) is 11.9 Å². The normalized spacial score (nSPS) is 17.0. The van der Waals surface area contributed by atoms with Crippen molar-refractivity contribution in [1.82, 2.24) is 14.9 Å². The zero-order valence-corrected chi connectivity index (χ0v) is 14.7. The molecule has 1 N–H and O–H groups in total. The third kappa shape index (κ3) is 4.48. The molecule has 0 spiro atoms. The standard InChI is InChI=1S/C20H27N3O2/c1-2-14-23-17-10-6-5-9-16(17)22-19(23)12-4-3-7-13-21-20(24)18-11-8-15-25-18/h2,5-6,9-10,18H,1,3-4,7-8,11-15H2,(H,21,24). The average molecular weight is 341 g/mol. The second-order valence-electron chi connectivity index (χ2n) is 6.52. The lowest BCUT2D eigenvalue weighted by Crippen LogP contribution is -2.34. The van der Waals surface area contributed by atoms with E-state index in [4.69, 9.17) is 9.72 Å². The van der Waals surface area contributed by atoms with Gasteiger partial charge in [0.2, 0.25) is 5.91 Å². The Morgan fingerprint density at radius 2 is 2.24 bits per heavy atom. The van der Waals surface area contributed by atoms with Gasteiger partial charge in [-0.15, -0.1) is 6.58 Å². The van der Waals surface area contributed by atoms with Crippen molar-refractivity contribution < 1.29 is 9.53 Å². The molecule has 5 heteroatoms. The number of para-hydroxylation sites is 2. The summed E-state index contributed by atoms with van der Waals surface area (Å²) >= 11 is 0. The fourth-order valence-corrected chi connectivity index (χ4v) is 3.34. The van der Waals surface area contributed by atoms with Crippen LogP contribution in [0.3, 0.4) is 0 Å². The van der Waals surface area contributed by atoms with Gasteiger partial charge < -0.3 is 14.6 Å². The number of allylic oxidation sites excluding steroid dienone is 1. The van der Waals surface area contributed by atoms with Crippen LogP contribution in [0.15, 0.2) is 36.9 Å². The highest BCUT2D eigenvalue weighted by Crippen LogP contribution is 2.18. The first-order valence-electron chi connectivity index (χ1n) is 9.24. The average Bonchev–Trinajstić information content (AvgIpc) is 3.27. The van der Waals surface area contributed by atoms with Crippen LogP contribution in [-0.2, 0) is 22.5 Å². The molecule has 1 amide bonds. The van der Waals surface area contributed by atoms with Crippen molar-refractivity contribution in [2.75, 3.05) is 13.2 Å². The first kappa shape index (κ1) is 17.7. The lowest BCUT2D eigenvalue weighted by molar-refractivity contribution is -0.130. The lowest BCUT2D eigenvalue weighted by atomic mass is 10.2. The molecule has 1 unspecified atom stereocenters. The van der Waals surface area contributed by atoms with E-state index >= 15 is 0 Å². The maximum atomic E-state index is 11.9. The number of imidazole rings is 1. The van der Waals surface area contributed by atoms with Crippen molar-refractivity contribution in [3.63, 3.8) is 0 Å². The van der Waals surface area contributed by atoms with Crippen LogP contribution in [-0.4, -0.2) is 34.7 Å². The molecule has 1 atom stereocenters. The van der Waals surface area contributed by atoms with Gasteiger partial charge in [-0.25, -0.2) is 4.98 Å². The Balaban J connectivity index is 1.43. The van der Waals surface area contributed by atoms with E-state index in [-0.39, 0.29) is 12.0 Å². The number of fused-ring (bicyclic) bond motifs is 1. The van der Waals surface area contributed by atoms with Crippen molar-refractivity contribution in [2.24, 2.45) is 0 Å². The van der Waals surface area contributed by atoms with Crippen molar-refractivity contribution >= 4 is 16.9 Å². The van der Waals surface area contributed by atoms with Crippen molar-refractivity contribution in [1.29, 1.82) is 0 Å². The van der Waals surface area contributed by atoms with Gasteiger partial charge in [-0.2, -0.15) is 0 Å². The highest BCUT2D eigenvalue weighted by molar-refractivity contribution is 5.80. The Morgan fingerprint density at radius 1 is 1.36 bits per heavy atom. The quantitative estimate of drug-likeness (QED) is 0.563. The van der Waals surface area contributed by atoms with Gasteiger partial charge in [0.25, 0.3) is 0 Å². The van der Waals surface area contributed by atoms with Crippen LogP contribution in [0.25, 0.3) is 11.0 Å². The summed E-state index contributed by atoms with van der Waals surface area (Å²) in [6.07, 6.45) is 7.61. The molecule has 2 heterocycles. The summed E-state index contributed by atoms with van der Waals surface area (Å²) in [5, 5.41) is 2.98. The summed E-state index contributed by atoms with van der Waals surface area (Å²) in [5.41, 5.74) is 2.21. The molecule has 1 saturated heterocycles. The summed E-state index contributed by atoms with van der Waals surface area (Å²) in [7, 11) is 0. The van der Waals surface area contributed by atoms with Gasteiger partial charge in [0, 0.05) is 26.1 Å². The molecular weight excluding hydrogens is 314 g/mol. The predicted molar refractivity (Wildman–Crippen MR) is 99.5 cm³/mol. The summed E-state index contributed by atoms with van der Waals surface area (Å²) in [6, 6.07) is 8.23. The Labute approximate surface area is 149 Å². The molecule has 0 aliphatic carbocycles. The number of aryl methyl sites for hydroxylation is 1. The number of amides is 1. The molecule has 134 valence electrons. The number of aromatic nitrogens is 2. The van der Waals surface area contributed by atoms with Crippen LogP contribution < -0.4 is 5.32 Å². The van der Waals surface area contributed by atoms with E-state index < -0.39 is 0 Å². The van der Waals surface area contributed by atoms with Crippen LogP contribution in [0.5, 0.6) is 0 Å². The summed E-state index contributed by atoms with van der Waals surface area (Å²) in [6.45, 7) is 6.08. The number of benzene rings is 1. The van der Waals surface area contributed by atoms with E-state index in [9.17, 15) is 4.79 Å². The van der Waals surface area contributed by atoms with Crippen LogP contribution in [0.1, 0.15) is 37.9 Å². The van der Waals surface area contributed by atoms with Gasteiger partial charge in [0.15, 0.2) is 0 Å². The largest absolute Gasteiger partial charge is 0.368 e. The van der Waals surface area contributed by atoms with E-state index in [1.165, 1.54) is 5.52 Å². The van der Waals surface area contributed by atoms with E-state index in [0.717, 1.165) is 63.0 Å². The predicted octanol–water partition coefficient (Wildman–Crippen LogP) is 3.23. The zero-order valence-electron chi connectivity index (χ0n) is 14.7. The minimum atomic E-state index is -0.223. The molecule has 0 bridgehead atoms. The first-order valence-corrected chi connectivity index (χ1v) is 9.24. The summed E-state index contributed by atoms with van der Waals surface area (Å²) in [4.78, 5) is 16.6. The Kier molecular flexibility index (Phi) is 6.23. The maximum Gasteiger partial charge on any atom is 0.249 e. The van der Waals surface area contributed by atoms with Gasteiger partial charge >= 0.3 is 0 Å². The van der Waals surface area contributed by atoms with Crippen LogP contribution >= 0.6 is 0 Å². The highest BCUT2D eigenvalue weighted by Gasteiger charge is 2.22. The van der Waals surface area contributed by atoms with E-state index in [1.54, 1.807) is 0 Å². The van der Waals surface area contributed by atoms with E-state index in [1.807, 2.05) is 18.2 Å². The molecule has 0 saturated carbocycles. The highest BCUT2D eigenvalue weighted by atomic mass is 16.5. The second kappa shape index (κ2) is 8.81. The SMILES string of the molecule is C=CCn1c(CCCCCNC(=O)C2CCCO2)nc2ccccc21. The summed E-state index contributed by atoms with van der Waals surface area (Å²) in [5.74, 6) is 1.16. The minimum absolute atomic E-state index is 0.0466. The Bertz CT molecular complexity index is 717. The molecule has 3 rings (SSSR count). The third-order valence-electron chi connectivity index (χ3n) is 4.64. The number of nitrogens with zero attached hydrogens (tertiary/aromatic N) is 2. The van der Waals surface area contributed by atoms with Gasteiger partial charge in [0.05, 0.1) is 11.0 Å². The number of nitrogens with one attached hydrogen (secondary N) is 1. The Morgan fingerprint density at radius 3 is 3.04 bits per heavy atom. The molecule has 1 aromatic carbocycles. The molecular formula is C20H27N3O2. The summed E-state index contributed by atoms with van der Waals surface area (Å²) < 4.78 is 7.62. The monoisotopic (exact) mass is 341 g/mol. The third-order valence-corrected chi connectivity index (χ3v) is 4.64. The molecule has 25 heavy (non-hydrogen) atoms. The van der Waals surface area contributed by atoms with Crippen molar-refractivity contribution in [2.45, 2.75) is 51.2 Å². The second-order valence-corrected chi connectivity index (χ2v) is 6.52. The van der Waals surface area contributed by atoms with E-state index in [0.29, 0.717) is 6.61 Å². The molecule has 2 aromatic rings. The number of rotatable bonds is 9. The maximum absolute atomic E-state index is 11.9. The number of carbonyl (C=O) groups is 1. The van der Waals surface area contributed by atoms with Crippen LogP contribution in [0, 0.1) is 0 Å². The molecule has 1 aromatic heterocycles. The van der Waals surface area contributed by atoms with Crippen molar-refractivity contribution in [3.05, 3.63) is 42.7 Å². The number of hydrogen-bond acceptors (Lipinski definition) is 3. The van der Waals surface area contributed by atoms with E-state index in [2.05, 4.69) is 28.6 Å². The number of unbranched alkanes of at least 4 members (excludes halogenated alkanes) is 2. The first-order chi connectivity index (χ1) is 12.3. The van der Waals surface area contributed by atoms with Crippen LogP contribution in [0.4, 0.5) is 0 Å².